The van der Waals surface area contributed by atoms with Crippen LogP contribution in [0, 0.1) is 5.82 Å². The third-order valence-corrected chi connectivity index (χ3v) is 8.73. The molecule has 4 amide bonds. The Morgan fingerprint density at radius 3 is 2.04 bits per heavy atom. The van der Waals surface area contributed by atoms with Gasteiger partial charge in [0.25, 0.3) is 0 Å². The van der Waals surface area contributed by atoms with Crippen molar-refractivity contribution in [3.05, 3.63) is 35.6 Å². The maximum absolute atomic E-state index is 14.6. The van der Waals surface area contributed by atoms with Gasteiger partial charge in [-0.1, -0.05) is 12.1 Å². The molecule has 0 aromatic heterocycles. The number of methoxy groups -OCH3 is 1. The number of nitrogens with zero attached hydrogens (tertiary/aromatic N) is 2. The van der Waals surface area contributed by atoms with E-state index < -0.39 is 89.0 Å². The standard InChI is InChI=1S/C35H49FN4O11/c1-20(49-22(3)41)27(38-33(47)51-34(5,6)7)30(44)39-17-9-11-26(39)29(43)40-18-10-16-35(40,19-24-12-14-25(36)15-13-24)32(46)37-28(31(45)48-8)21(2)50-23(4)42/h12-15,20-21,26-28H,9-11,16-19H2,1-8H3,(H,37,46)(H,38,47)/t20-,21-,26?,27+,28+,35?/m1/s1. The third kappa shape index (κ3) is 10.4. The number of likely N-dealkylation sites (tertiary alicyclic amines) is 2. The second-order valence-electron chi connectivity index (χ2n) is 13.8. The normalized spacial score (nSPS) is 21.1. The minimum atomic E-state index is -1.62. The number of carbonyl (C=O) groups excluding carboxylic acids is 7. The molecule has 1 aromatic rings. The zero-order chi connectivity index (χ0) is 38.3. The van der Waals surface area contributed by atoms with Crippen LogP contribution in [0.15, 0.2) is 24.3 Å². The Morgan fingerprint density at radius 2 is 1.49 bits per heavy atom. The van der Waals surface area contributed by atoms with Gasteiger partial charge in [-0.2, -0.15) is 0 Å². The maximum atomic E-state index is 14.6. The quantitative estimate of drug-likeness (QED) is 0.238. The molecular formula is C35H49FN4O11. The summed E-state index contributed by atoms with van der Waals surface area (Å²) in [4.78, 5) is 94.9. The Morgan fingerprint density at radius 1 is 0.902 bits per heavy atom. The van der Waals surface area contributed by atoms with E-state index in [9.17, 15) is 38.0 Å². The molecule has 0 radical (unpaired) electrons. The molecule has 2 aliphatic heterocycles. The first-order valence-electron chi connectivity index (χ1n) is 16.9. The predicted octanol–water partition coefficient (Wildman–Crippen LogP) is 2.17. The number of hydrogen-bond donors (Lipinski definition) is 2. The summed E-state index contributed by atoms with van der Waals surface area (Å²) in [5.74, 6) is -4.78. The van der Waals surface area contributed by atoms with Crippen LogP contribution in [0.3, 0.4) is 0 Å². The number of esters is 3. The lowest BCUT2D eigenvalue weighted by molar-refractivity contribution is -0.159. The van der Waals surface area contributed by atoms with Crippen LogP contribution in [0.1, 0.15) is 79.7 Å². The van der Waals surface area contributed by atoms with Gasteiger partial charge in [0.2, 0.25) is 17.7 Å². The Balaban J connectivity index is 2.01. The molecule has 0 aliphatic carbocycles. The van der Waals surface area contributed by atoms with Gasteiger partial charge in [-0.05, 0) is 78.0 Å². The van der Waals surface area contributed by atoms with E-state index >= 15 is 0 Å². The van der Waals surface area contributed by atoms with Crippen LogP contribution in [-0.4, -0.2) is 113 Å². The van der Waals surface area contributed by atoms with Gasteiger partial charge in [0, 0.05) is 33.4 Å². The molecule has 282 valence electrons. The highest BCUT2D eigenvalue weighted by Gasteiger charge is 2.54. The van der Waals surface area contributed by atoms with Gasteiger partial charge in [-0.25, -0.2) is 14.0 Å². The zero-order valence-electron chi connectivity index (χ0n) is 30.4. The molecule has 6 atom stereocenters. The lowest BCUT2D eigenvalue weighted by atomic mass is 9.86. The largest absolute Gasteiger partial charge is 0.467 e. The number of hydrogen-bond acceptors (Lipinski definition) is 11. The van der Waals surface area contributed by atoms with Gasteiger partial charge < -0.3 is 39.4 Å². The van der Waals surface area contributed by atoms with Crippen molar-refractivity contribution in [2.45, 2.75) is 122 Å². The van der Waals surface area contributed by atoms with Gasteiger partial charge in [-0.3, -0.25) is 24.0 Å². The smallest absolute Gasteiger partial charge is 0.408 e. The highest BCUT2D eigenvalue weighted by Crippen LogP contribution is 2.36. The molecule has 51 heavy (non-hydrogen) atoms. The number of benzene rings is 1. The van der Waals surface area contributed by atoms with Crippen molar-refractivity contribution in [2.24, 2.45) is 0 Å². The second-order valence-corrected chi connectivity index (χ2v) is 13.8. The van der Waals surface area contributed by atoms with E-state index in [1.54, 1.807) is 20.8 Å². The van der Waals surface area contributed by atoms with Crippen molar-refractivity contribution in [3.8, 4) is 0 Å². The monoisotopic (exact) mass is 720 g/mol. The molecular weight excluding hydrogens is 671 g/mol. The van der Waals surface area contributed by atoms with Crippen LogP contribution < -0.4 is 10.6 Å². The Labute approximate surface area is 296 Å². The molecule has 2 heterocycles. The summed E-state index contributed by atoms with van der Waals surface area (Å²) in [6, 6.07) is 1.51. The van der Waals surface area contributed by atoms with Gasteiger partial charge >= 0.3 is 24.0 Å². The number of amides is 4. The number of alkyl carbamates (subject to hydrolysis) is 1. The predicted molar refractivity (Wildman–Crippen MR) is 178 cm³/mol. The fourth-order valence-corrected chi connectivity index (χ4v) is 6.53. The van der Waals surface area contributed by atoms with Gasteiger partial charge in [0.05, 0.1) is 7.11 Å². The Kier molecular flexibility index (Phi) is 13.5. The van der Waals surface area contributed by atoms with Crippen molar-refractivity contribution in [1.82, 2.24) is 20.4 Å². The first kappa shape index (κ1) is 40.7. The lowest BCUT2D eigenvalue weighted by Gasteiger charge is -2.41. The summed E-state index contributed by atoms with van der Waals surface area (Å²) in [7, 11) is 1.11. The van der Waals surface area contributed by atoms with E-state index in [0.29, 0.717) is 18.4 Å². The van der Waals surface area contributed by atoms with Crippen molar-refractivity contribution in [2.75, 3.05) is 20.2 Å². The molecule has 3 rings (SSSR count). The number of halogens is 1. The van der Waals surface area contributed by atoms with Gasteiger partial charge in [0.15, 0.2) is 6.04 Å². The fourth-order valence-electron chi connectivity index (χ4n) is 6.53. The molecule has 1 aromatic carbocycles. The van der Waals surface area contributed by atoms with Crippen LogP contribution in [0.2, 0.25) is 0 Å². The minimum absolute atomic E-state index is 0.0757. The second kappa shape index (κ2) is 17.0. The van der Waals surface area contributed by atoms with Gasteiger partial charge in [0.1, 0.15) is 41.2 Å². The van der Waals surface area contributed by atoms with E-state index in [0.717, 1.165) is 21.0 Å². The van der Waals surface area contributed by atoms with E-state index in [1.165, 1.54) is 47.9 Å². The topological polar surface area (TPSA) is 187 Å². The molecule has 16 heteroatoms. The number of carbonyl (C=O) groups is 7. The van der Waals surface area contributed by atoms with Crippen molar-refractivity contribution in [1.29, 1.82) is 0 Å². The van der Waals surface area contributed by atoms with E-state index in [2.05, 4.69) is 10.6 Å². The number of nitrogens with one attached hydrogen (secondary N) is 2. The highest BCUT2D eigenvalue weighted by atomic mass is 19.1. The molecule has 2 aliphatic rings. The molecule has 2 saturated heterocycles. The fraction of sp³-hybridized carbons (Fsp3) is 0.629. The molecule has 0 spiro atoms. The van der Waals surface area contributed by atoms with E-state index in [4.69, 9.17) is 18.9 Å². The molecule has 2 unspecified atom stereocenters. The van der Waals surface area contributed by atoms with Crippen molar-refractivity contribution in [3.63, 3.8) is 0 Å². The molecule has 15 nitrogen and oxygen atoms in total. The molecule has 0 saturated carbocycles. The van der Waals surface area contributed by atoms with Crippen molar-refractivity contribution < 1.29 is 56.9 Å². The lowest BCUT2D eigenvalue weighted by Crippen LogP contribution is -2.65. The summed E-state index contributed by atoms with van der Waals surface area (Å²) in [6.45, 7) is 10.3. The minimum Gasteiger partial charge on any atom is -0.467 e. The summed E-state index contributed by atoms with van der Waals surface area (Å²) >= 11 is 0. The summed E-state index contributed by atoms with van der Waals surface area (Å²) in [5, 5.41) is 5.13. The van der Waals surface area contributed by atoms with Crippen LogP contribution in [0.5, 0.6) is 0 Å². The first-order valence-corrected chi connectivity index (χ1v) is 16.9. The van der Waals surface area contributed by atoms with Crippen LogP contribution in [0.4, 0.5) is 9.18 Å². The Bertz CT molecular complexity index is 1480. The number of ether oxygens (including phenoxy) is 4. The van der Waals surface area contributed by atoms with Gasteiger partial charge in [-0.15, -0.1) is 0 Å². The summed E-state index contributed by atoms with van der Waals surface area (Å²) < 4.78 is 34.6. The summed E-state index contributed by atoms with van der Waals surface area (Å²) in [5.41, 5.74) is -2.00. The van der Waals surface area contributed by atoms with Crippen molar-refractivity contribution >= 4 is 41.7 Å². The molecule has 2 fully saturated rings. The van der Waals surface area contributed by atoms with E-state index in [-0.39, 0.29) is 32.4 Å². The Hall–Kier alpha value is -4.76. The zero-order valence-corrected chi connectivity index (χ0v) is 30.4. The van der Waals surface area contributed by atoms with Crippen LogP contribution in [0.25, 0.3) is 0 Å². The van der Waals surface area contributed by atoms with E-state index in [1.807, 2.05) is 0 Å². The third-order valence-electron chi connectivity index (χ3n) is 8.73. The average molecular weight is 721 g/mol. The van der Waals surface area contributed by atoms with Crippen LogP contribution in [-0.2, 0) is 54.1 Å². The van der Waals surface area contributed by atoms with Crippen LogP contribution >= 0.6 is 0 Å². The highest BCUT2D eigenvalue weighted by molar-refractivity contribution is 5.98. The molecule has 0 bridgehead atoms. The SMILES string of the molecule is COC(=O)[C@@H](NC(=O)C1(Cc2ccc(F)cc2)CCCN1C(=O)C1CCCN1C(=O)[C@@H](NC(=O)OC(C)(C)C)[C@@H](C)OC(C)=O)[C@@H](C)OC(C)=O. The first-order chi connectivity index (χ1) is 23.8. The summed E-state index contributed by atoms with van der Waals surface area (Å²) in [6.07, 6.45) is -2.12. The average Bonchev–Trinajstić information content (AvgIpc) is 3.69. The maximum Gasteiger partial charge on any atom is 0.408 e. The molecule has 2 N–H and O–H groups in total. The number of rotatable bonds is 12.